The molecule has 0 unspecified atom stereocenters. The zero-order valence-electron chi connectivity index (χ0n) is 12.8. The highest BCUT2D eigenvalue weighted by molar-refractivity contribution is 6.05. The average molecular weight is 320 g/mol. The quantitative estimate of drug-likeness (QED) is 0.757. The highest BCUT2D eigenvalue weighted by atomic mass is 16.4. The minimum atomic E-state index is -0.939. The maximum absolute atomic E-state index is 12.5. The second kappa shape index (κ2) is 6.83. The molecule has 0 aliphatic heterocycles. The van der Waals surface area contributed by atoms with E-state index in [1.165, 1.54) is 0 Å². The molecule has 0 aliphatic rings. The minimum Gasteiger partial charge on any atom is -0.481 e. The molecule has 2 N–H and O–H groups in total. The molecule has 3 rings (SSSR count). The van der Waals surface area contributed by atoms with Crippen molar-refractivity contribution in [2.24, 2.45) is 0 Å². The molecule has 0 atom stereocenters. The molecule has 0 saturated carbocycles. The molecule has 3 aromatic rings. The number of anilines is 1. The van der Waals surface area contributed by atoms with Crippen molar-refractivity contribution in [1.29, 1.82) is 0 Å². The molecule has 120 valence electrons. The molecule has 0 bridgehead atoms. The molecule has 2 aromatic carbocycles. The second-order valence-corrected chi connectivity index (χ2v) is 5.32. The molecular formula is C19H16N2O3. The van der Waals surface area contributed by atoms with E-state index in [0.29, 0.717) is 16.8 Å². The first-order valence-corrected chi connectivity index (χ1v) is 7.48. The Kier molecular flexibility index (Phi) is 4.43. The van der Waals surface area contributed by atoms with Gasteiger partial charge in [-0.1, -0.05) is 24.3 Å². The first-order chi connectivity index (χ1) is 11.6. The smallest absolute Gasteiger partial charge is 0.307 e. The van der Waals surface area contributed by atoms with Gasteiger partial charge in [-0.15, -0.1) is 0 Å². The lowest BCUT2D eigenvalue weighted by molar-refractivity contribution is -0.136. The Bertz CT molecular complexity index is 870. The Morgan fingerprint density at radius 2 is 1.71 bits per heavy atom. The van der Waals surface area contributed by atoms with Gasteiger partial charge in [0.1, 0.15) is 0 Å². The standard InChI is InChI=1S/C19H16N2O3/c22-18(23)13-14-6-1-2-9-17(14)20-19(24)15-7-5-8-16(12-15)21-10-3-4-11-21/h1-12H,13H2,(H,20,24)(H,22,23). The van der Waals surface area contributed by atoms with Crippen LogP contribution in [-0.2, 0) is 11.2 Å². The van der Waals surface area contributed by atoms with Crippen molar-refractivity contribution in [2.75, 3.05) is 5.32 Å². The molecule has 1 heterocycles. The number of benzene rings is 2. The van der Waals surface area contributed by atoms with Gasteiger partial charge in [0.15, 0.2) is 0 Å². The van der Waals surface area contributed by atoms with Crippen LogP contribution < -0.4 is 5.32 Å². The molecular weight excluding hydrogens is 304 g/mol. The van der Waals surface area contributed by atoms with Crippen molar-refractivity contribution in [3.05, 3.63) is 84.2 Å². The van der Waals surface area contributed by atoms with Crippen LogP contribution in [0, 0.1) is 0 Å². The number of hydrogen-bond acceptors (Lipinski definition) is 2. The summed E-state index contributed by atoms with van der Waals surface area (Å²) in [6, 6.07) is 18.0. The summed E-state index contributed by atoms with van der Waals surface area (Å²) in [6.45, 7) is 0. The van der Waals surface area contributed by atoms with E-state index in [9.17, 15) is 9.59 Å². The maximum Gasteiger partial charge on any atom is 0.307 e. The molecule has 0 spiro atoms. The number of amides is 1. The van der Waals surface area contributed by atoms with Gasteiger partial charge in [0.2, 0.25) is 0 Å². The fourth-order valence-electron chi connectivity index (χ4n) is 2.47. The van der Waals surface area contributed by atoms with Crippen LogP contribution in [0.2, 0.25) is 0 Å². The number of nitrogens with one attached hydrogen (secondary N) is 1. The predicted molar refractivity (Wildman–Crippen MR) is 91.5 cm³/mol. The summed E-state index contributed by atoms with van der Waals surface area (Å²) in [6.07, 6.45) is 3.66. The fourth-order valence-corrected chi connectivity index (χ4v) is 2.47. The molecule has 1 amide bonds. The van der Waals surface area contributed by atoms with Crippen LogP contribution in [0.1, 0.15) is 15.9 Å². The van der Waals surface area contributed by atoms with Crippen molar-refractivity contribution in [2.45, 2.75) is 6.42 Å². The van der Waals surface area contributed by atoms with Gasteiger partial charge < -0.3 is 15.0 Å². The van der Waals surface area contributed by atoms with Gasteiger partial charge >= 0.3 is 5.97 Å². The van der Waals surface area contributed by atoms with Crippen LogP contribution in [0.4, 0.5) is 5.69 Å². The summed E-state index contributed by atoms with van der Waals surface area (Å²) >= 11 is 0. The Balaban J connectivity index is 1.83. The summed E-state index contributed by atoms with van der Waals surface area (Å²) in [5, 5.41) is 11.8. The van der Waals surface area contributed by atoms with Crippen molar-refractivity contribution >= 4 is 17.6 Å². The Hall–Kier alpha value is -3.34. The number of rotatable bonds is 5. The van der Waals surface area contributed by atoms with Gasteiger partial charge in [-0.25, -0.2) is 0 Å². The average Bonchev–Trinajstić information content (AvgIpc) is 3.11. The predicted octanol–water partition coefficient (Wildman–Crippen LogP) is 3.36. The summed E-state index contributed by atoms with van der Waals surface area (Å²) in [5.74, 6) is -1.21. The molecule has 0 fully saturated rings. The van der Waals surface area contributed by atoms with E-state index in [0.717, 1.165) is 5.69 Å². The molecule has 0 radical (unpaired) electrons. The van der Waals surface area contributed by atoms with E-state index in [1.54, 1.807) is 36.4 Å². The van der Waals surface area contributed by atoms with Gasteiger partial charge in [0.05, 0.1) is 6.42 Å². The SMILES string of the molecule is O=C(O)Cc1ccccc1NC(=O)c1cccc(-n2cccc2)c1. The van der Waals surface area contributed by atoms with E-state index in [4.69, 9.17) is 5.11 Å². The molecule has 5 heteroatoms. The number of carboxylic acid groups (broad SMARTS) is 1. The van der Waals surface area contributed by atoms with E-state index >= 15 is 0 Å². The van der Waals surface area contributed by atoms with E-state index in [1.807, 2.05) is 41.2 Å². The van der Waals surface area contributed by atoms with Crippen LogP contribution in [0.25, 0.3) is 5.69 Å². The third-order valence-corrected chi connectivity index (χ3v) is 3.62. The Morgan fingerprint density at radius 3 is 2.46 bits per heavy atom. The van der Waals surface area contributed by atoms with Gasteiger partial charge in [-0.2, -0.15) is 0 Å². The lowest BCUT2D eigenvalue weighted by Gasteiger charge is -2.11. The van der Waals surface area contributed by atoms with Crippen LogP contribution >= 0.6 is 0 Å². The van der Waals surface area contributed by atoms with Crippen LogP contribution in [0.3, 0.4) is 0 Å². The Labute approximate surface area is 139 Å². The van der Waals surface area contributed by atoms with E-state index in [-0.39, 0.29) is 12.3 Å². The highest BCUT2D eigenvalue weighted by Crippen LogP contribution is 2.18. The number of aromatic nitrogens is 1. The summed E-state index contributed by atoms with van der Waals surface area (Å²) < 4.78 is 1.91. The lowest BCUT2D eigenvalue weighted by atomic mass is 10.1. The number of hydrogen-bond donors (Lipinski definition) is 2. The lowest BCUT2D eigenvalue weighted by Crippen LogP contribution is -2.14. The first-order valence-electron chi connectivity index (χ1n) is 7.48. The van der Waals surface area contributed by atoms with Gasteiger partial charge in [-0.3, -0.25) is 9.59 Å². The first kappa shape index (κ1) is 15.6. The number of nitrogens with zero attached hydrogens (tertiary/aromatic N) is 1. The molecule has 1 aromatic heterocycles. The van der Waals surface area contributed by atoms with Gasteiger partial charge in [0, 0.05) is 29.3 Å². The maximum atomic E-state index is 12.5. The molecule has 24 heavy (non-hydrogen) atoms. The summed E-state index contributed by atoms with van der Waals surface area (Å²) in [4.78, 5) is 23.4. The zero-order chi connectivity index (χ0) is 16.9. The summed E-state index contributed by atoms with van der Waals surface area (Å²) in [5.41, 5.74) is 2.47. The van der Waals surface area contributed by atoms with Crippen molar-refractivity contribution in [1.82, 2.24) is 4.57 Å². The third-order valence-electron chi connectivity index (χ3n) is 3.62. The van der Waals surface area contributed by atoms with Crippen LogP contribution in [0.15, 0.2) is 73.1 Å². The molecule has 0 saturated heterocycles. The minimum absolute atomic E-state index is 0.139. The number of carboxylic acids is 1. The van der Waals surface area contributed by atoms with Crippen LogP contribution in [-0.4, -0.2) is 21.6 Å². The number of para-hydroxylation sites is 1. The Morgan fingerprint density at radius 1 is 0.958 bits per heavy atom. The largest absolute Gasteiger partial charge is 0.481 e. The van der Waals surface area contributed by atoms with Gasteiger partial charge in [0.25, 0.3) is 5.91 Å². The number of aliphatic carboxylic acids is 1. The van der Waals surface area contributed by atoms with Crippen molar-refractivity contribution < 1.29 is 14.7 Å². The van der Waals surface area contributed by atoms with E-state index < -0.39 is 5.97 Å². The van der Waals surface area contributed by atoms with Gasteiger partial charge in [-0.05, 0) is 42.0 Å². The number of carbonyl (C=O) groups excluding carboxylic acids is 1. The monoisotopic (exact) mass is 320 g/mol. The summed E-state index contributed by atoms with van der Waals surface area (Å²) in [7, 11) is 0. The second-order valence-electron chi connectivity index (χ2n) is 5.32. The molecule has 0 aliphatic carbocycles. The van der Waals surface area contributed by atoms with Crippen molar-refractivity contribution in [3.8, 4) is 5.69 Å². The third kappa shape index (κ3) is 3.52. The number of carbonyl (C=O) groups is 2. The highest BCUT2D eigenvalue weighted by Gasteiger charge is 2.11. The topological polar surface area (TPSA) is 71.3 Å². The van der Waals surface area contributed by atoms with Crippen LogP contribution in [0.5, 0.6) is 0 Å². The van der Waals surface area contributed by atoms with E-state index in [2.05, 4.69) is 5.32 Å². The van der Waals surface area contributed by atoms with Crippen molar-refractivity contribution in [3.63, 3.8) is 0 Å². The fraction of sp³-hybridized carbons (Fsp3) is 0.0526. The normalized spacial score (nSPS) is 10.3. The molecule has 5 nitrogen and oxygen atoms in total. The zero-order valence-corrected chi connectivity index (χ0v) is 12.8.